The van der Waals surface area contributed by atoms with Crippen LogP contribution in [0.25, 0.3) is 0 Å². The van der Waals surface area contributed by atoms with Gasteiger partial charge >= 0.3 is 5.97 Å². The maximum absolute atomic E-state index is 12.6. The molecule has 1 aromatic heterocycles. The minimum absolute atomic E-state index is 0.0391. The van der Waals surface area contributed by atoms with Crippen LogP contribution in [0.2, 0.25) is 0 Å². The summed E-state index contributed by atoms with van der Waals surface area (Å²) in [7, 11) is 3.72. The molecule has 6 heteroatoms. The summed E-state index contributed by atoms with van der Waals surface area (Å²) >= 11 is 0. The number of carbonyl (C=O) groups is 2. The summed E-state index contributed by atoms with van der Waals surface area (Å²) in [4.78, 5) is 26.3. The van der Waals surface area contributed by atoms with Crippen molar-refractivity contribution in [3.8, 4) is 0 Å². The van der Waals surface area contributed by atoms with Crippen LogP contribution in [0.3, 0.4) is 0 Å². The van der Waals surface area contributed by atoms with Gasteiger partial charge in [0.1, 0.15) is 0 Å². The molecule has 1 aliphatic rings. The van der Waals surface area contributed by atoms with Crippen LogP contribution in [0.5, 0.6) is 0 Å². The van der Waals surface area contributed by atoms with Gasteiger partial charge in [0.15, 0.2) is 5.69 Å². The smallest absolute Gasteiger partial charge is 0.377 e. The van der Waals surface area contributed by atoms with Crippen molar-refractivity contribution >= 4 is 11.8 Å². The number of Topliss-reactive ketones (excluding diaryl/α,β-unsaturated/α-hetero) is 1. The van der Waals surface area contributed by atoms with Gasteiger partial charge in [-0.3, -0.25) is 4.79 Å². The van der Waals surface area contributed by atoms with E-state index in [0.717, 1.165) is 0 Å². The maximum atomic E-state index is 12.6. The number of hydrogen-bond acceptors (Lipinski definition) is 6. The number of ketones is 1. The van der Waals surface area contributed by atoms with Crippen LogP contribution in [0, 0.1) is 5.41 Å². The van der Waals surface area contributed by atoms with Crippen LogP contribution in [0.15, 0.2) is 16.3 Å². The van der Waals surface area contributed by atoms with Crippen molar-refractivity contribution < 1.29 is 18.8 Å². The number of nitrogens with zero attached hydrogens (tertiary/aromatic N) is 2. The molecule has 1 aliphatic carbocycles. The Balaban J connectivity index is 2.50. The van der Waals surface area contributed by atoms with E-state index in [2.05, 4.69) is 5.16 Å². The van der Waals surface area contributed by atoms with Gasteiger partial charge in [0.2, 0.25) is 11.5 Å². The Kier molecular flexibility index (Phi) is 3.89. The van der Waals surface area contributed by atoms with Crippen molar-refractivity contribution in [1.29, 1.82) is 0 Å². The highest BCUT2D eigenvalue weighted by atomic mass is 16.6. The first-order valence-electron chi connectivity index (χ1n) is 6.87. The molecule has 6 nitrogen and oxygen atoms in total. The number of carbonyl (C=O) groups excluding carboxylic acids is 2. The van der Waals surface area contributed by atoms with E-state index in [1.807, 2.05) is 32.8 Å². The predicted octanol–water partition coefficient (Wildman–Crippen LogP) is 2.06. The Bertz CT molecular complexity index is 611. The Labute approximate surface area is 123 Å². The van der Waals surface area contributed by atoms with Crippen molar-refractivity contribution in [3.05, 3.63) is 28.8 Å². The third-order valence-corrected chi connectivity index (χ3v) is 3.44. The van der Waals surface area contributed by atoms with E-state index in [1.54, 1.807) is 13.1 Å². The Morgan fingerprint density at radius 2 is 2.14 bits per heavy atom. The summed E-state index contributed by atoms with van der Waals surface area (Å²) in [6, 6.07) is 0. The van der Waals surface area contributed by atoms with Crippen molar-refractivity contribution in [2.45, 2.75) is 27.2 Å². The molecule has 0 saturated heterocycles. The number of allylic oxidation sites excluding steroid dienone is 1. The quantitative estimate of drug-likeness (QED) is 0.627. The summed E-state index contributed by atoms with van der Waals surface area (Å²) in [6.07, 6.45) is 2.30. The lowest BCUT2D eigenvalue weighted by Gasteiger charge is -2.31. The number of aromatic nitrogens is 1. The molecule has 0 spiro atoms. The summed E-state index contributed by atoms with van der Waals surface area (Å²) in [5.41, 5.74) is 1.01. The molecule has 1 aromatic rings. The summed E-state index contributed by atoms with van der Waals surface area (Å²) in [5, 5.41) is 3.78. The lowest BCUT2D eigenvalue weighted by atomic mass is 9.71. The van der Waals surface area contributed by atoms with Gasteiger partial charge in [-0.2, -0.15) is 0 Å². The molecule has 114 valence electrons. The van der Waals surface area contributed by atoms with Gasteiger partial charge in [0.25, 0.3) is 0 Å². The Morgan fingerprint density at radius 3 is 2.71 bits per heavy atom. The van der Waals surface area contributed by atoms with Crippen molar-refractivity contribution in [1.82, 2.24) is 10.1 Å². The van der Waals surface area contributed by atoms with Crippen LogP contribution in [0.4, 0.5) is 0 Å². The van der Waals surface area contributed by atoms with E-state index < -0.39 is 11.4 Å². The fourth-order valence-corrected chi connectivity index (χ4v) is 2.47. The van der Waals surface area contributed by atoms with Crippen LogP contribution in [-0.4, -0.2) is 42.5 Å². The molecule has 2 rings (SSSR count). The van der Waals surface area contributed by atoms with Crippen molar-refractivity contribution in [2.75, 3.05) is 20.7 Å². The third-order valence-electron chi connectivity index (χ3n) is 3.44. The van der Waals surface area contributed by atoms with E-state index in [0.29, 0.717) is 17.6 Å². The zero-order valence-electron chi connectivity index (χ0n) is 13.0. The van der Waals surface area contributed by atoms with Gasteiger partial charge in [-0.15, -0.1) is 0 Å². The van der Waals surface area contributed by atoms with Gasteiger partial charge in [-0.05, 0) is 18.8 Å². The Hall–Kier alpha value is -2.11. The first kappa shape index (κ1) is 15.3. The minimum atomic E-state index is -0.574. The standard InChI is InChI=1S/C15H20N2O4/c1-6-20-14(19)13-9-7-15(2,3)10(8-17(4)5)12(18)11(9)16-21-13/h8H,6-7H2,1-5H3. The molecule has 0 saturated carbocycles. The summed E-state index contributed by atoms with van der Waals surface area (Å²) in [5.74, 6) is -0.735. The van der Waals surface area contributed by atoms with Crippen LogP contribution in [0.1, 0.15) is 47.4 Å². The summed E-state index contributed by atoms with van der Waals surface area (Å²) in [6.45, 7) is 5.89. The molecule has 0 radical (unpaired) electrons. The lowest BCUT2D eigenvalue weighted by molar-refractivity contribution is 0.0477. The van der Waals surface area contributed by atoms with E-state index in [-0.39, 0.29) is 23.8 Å². The van der Waals surface area contributed by atoms with Gasteiger partial charge in [-0.25, -0.2) is 4.79 Å². The second-order valence-corrected chi connectivity index (χ2v) is 5.96. The molecule has 0 atom stereocenters. The van der Waals surface area contributed by atoms with Gasteiger partial charge in [0.05, 0.1) is 6.61 Å². The largest absolute Gasteiger partial charge is 0.460 e. The van der Waals surface area contributed by atoms with Crippen LogP contribution in [-0.2, 0) is 11.2 Å². The van der Waals surface area contributed by atoms with Gasteiger partial charge in [0, 0.05) is 31.4 Å². The average molecular weight is 292 g/mol. The molecular weight excluding hydrogens is 272 g/mol. The fraction of sp³-hybridized carbons (Fsp3) is 0.533. The molecule has 0 bridgehead atoms. The molecule has 0 fully saturated rings. The van der Waals surface area contributed by atoms with E-state index in [9.17, 15) is 9.59 Å². The van der Waals surface area contributed by atoms with E-state index >= 15 is 0 Å². The Morgan fingerprint density at radius 1 is 1.48 bits per heavy atom. The molecular formula is C15H20N2O4. The highest BCUT2D eigenvalue weighted by molar-refractivity contribution is 6.11. The molecule has 0 aliphatic heterocycles. The van der Waals surface area contributed by atoms with Crippen molar-refractivity contribution in [2.24, 2.45) is 5.41 Å². The van der Waals surface area contributed by atoms with E-state index in [4.69, 9.17) is 9.26 Å². The van der Waals surface area contributed by atoms with Crippen molar-refractivity contribution in [3.63, 3.8) is 0 Å². The predicted molar refractivity (Wildman–Crippen MR) is 76.0 cm³/mol. The fourth-order valence-electron chi connectivity index (χ4n) is 2.47. The molecule has 21 heavy (non-hydrogen) atoms. The average Bonchev–Trinajstić information content (AvgIpc) is 2.77. The molecule has 0 aromatic carbocycles. The second-order valence-electron chi connectivity index (χ2n) is 5.96. The molecule has 0 unspecified atom stereocenters. The molecule has 1 heterocycles. The topological polar surface area (TPSA) is 72.6 Å². The van der Waals surface area contributed by atoms with Crippen LogP contribution >= 0.6 is 0 Å². The number of ether oxygens (including phenoxy) is 1. The first-order chi connectivity index (χ1) is 9.77. The molecule has 0 amide bonds. The van der Waals surface area contributed by atoms with E-state index in [1.165, 1.54) is 0 Å². The lowest BCUT2D eigenvalue weighted by Crippen LogP contribution is -2.32. The first-order valence-corrected chi connectivity index (χ1v) is 6.87. The SMILES string of the molecule is CCOC(=O)c1onc2c1CC(C)(C)C(=CN(C)C)C2=O. The molecule has 0 N–H and O–H groups in total. The maximum Gasteiger partial charge on any atom is 0.377 e. The highest BCUT2D eigenvalue weighted by Gasteiger charge is 2.42. The third kappa shape index (κ3) is 2.70. The zero-order chi connectivity index (χ0) is 15.8. The number of fused-ring (bicyclic) bond motifs is 1. The second kappa shape index (κ2) is 5.35. The van der Waals surface area contributed by atoms with Gasteiger partial charge < -0.3 is 14.2 Å². The number of hydrogen-bond donors (Lipinski definition) is 0. The zero-order valence-corrected chi connectivity index (χ0v) is 13.0. The van der Waals surface area contributed by atoms with Gasteiger partial charge in [-0.1, -0.05) is 19.0 Å². The minimum Gasteiger partial charge on any atom is -0.460 e. The summed E-state index contributed by atoms with van der Waals surface area (Å²) < 4.78 is 10.0. The monoisotopic (exact) mass is 292 g/mol. The number of esters is 1. The van der Waals surface area contributed by atoms with Crippen LogP contribution < -0.4 is 0 Å². The highest BCUT2D eigenvalue weighted by Crippen LogP contribution is 2.40. The normalized spacial score (nSPS) is 18.5. The number of rotatable bonds is 3.